The highest BCUT2D eigenvalue weighted by atomic mass is 19.3. The number of likely N-dealkylation sites (N-methyl/N-ethyl adjacent to an activating group) is 7. The summed E-state index contributed by atoms with van der Waals surface area (Å²) >= 11 is 0. The molecule has 0 bridgehead atoms. The van der Waals surface area contributed by atoms with Crippen LogP contribution in [0.4, 0.5) is 8.78 Å². The third-order valence-electron chi connectivity index (χ3n) is 19.5. The third kappa shape index (κ3) is 23.8. The van der Waals surface area contributed by atoms with Crippen LogP contribution in [0.3, 0.4) is 0 Å². The van der Waals surface area contributed by atoms with Gasteiger partial charge in [0.2, 0.25) is 77.3 Å². The minimum absolute atomic E-state index is 0.0232. The van der Waals surface area contributed by atoms with Crippen molar-refractivity contribution in [3.8, 4) is 0 Å². The molecule has 0 spiro atoms. The summed E-state index contributed by atoms with van der Waals surface area (Å²) in [5.41, 5.74) is 1.25. The summed E-state index contributed by atoms with van der Waals surface area (Å²) in [6, 6.07) is 3.58. The van der Waals surface area contributed by atoms with Gasteiger partial charge in [-0.25, -0.2) is 8.78 Å². The zero-order valence-corrected chi connectivity index (χ0v) is 62.0. The van der Waals surface area contributed by atoms with Crippen molar-refractivity contribution < 1.29 is 71.4 Å². The Balaban J connectivity index is 1.98. The van der Waals surface area contributed by atoms with E-state index in [1.165, 1.54) is 82.8 Å². The van der Waals surface area contributed by atoms with Gasteiger partial charge in [0.1, 0.15) is 60.4 Å². The fraction of sp³-hybridized carbons (Fsp3) is 0.671. The number of aliphatic hydroxyl groups excluding tert-OH is 1. The SMILES string of the molecule is CC[C@H](C)[C@H]1C(=O)N[C@@H]([C@@H](C)O)C(=O)N(C)CC(=O)N(C)[C@@H](CC(C)C)C(=O)N[C@H](C(=O)N2CCCCC2)CC(=O)N(C)[C@@H](C)C(=O)N[C@@H](CCCCC(F)F)C(=O)N(C)[C@@H](CC(C)C)C(=O)N(C)[C@@H](Cc2ccccc2)C(=O)N[C@@H](C(C)C)C(=O)N(C)[C@@H](Cc2ccccc2)C(=O)N1C. The van der Waals surface area contributed by atoms with Gasteiger partial charge < -0.3 is 65.6 Å². The van der Waals surface area contributed by atoms with Crippen LogP contribution in [0, 0.1) is 23.7 Å². The summed E-state index contributed by atoms with van der Waals surface area (Å²) in [4.78, 5) is 188. The summed E-state index contributed by atoms with van der Waals surface area (Å²) in [7, 11) is 9.48. The van der Waals surface area contributed by atoms with E-state index in [1.807, 2.05) is 13.8 Å². The Labute approximate surface area is 590 Å². The Bertz CT molecular complexity index is 3080. The molecule has 5 N–H and O–H groups in total. The molecule has 2 fully saturated rings. The highest BCUT2D eigenvalue weighted by Gasteiger charge is 2.45. The number of alkyl halides is 2. The number of benzene rings is 2. The van der Waals surface area contributed by atoms with Gasteiger partial charge in [0.05, 0.1) is 19.1 Å². The first-order chi connectivity index (χ1) is 46.9. The normalized spacial score (nSPS) is 25.4. The second-order valence-corrected chi connectivity index (χ2v) is 28.6. The lowest BCUT2D eigenvalue weighted by Gasteiger charge is -2.39. The Morgan fingerprint density at radius 3 is 1.55 bits per heavy atom. The lowest BCUT2D eigenvalue weighted by Crippen LogP contribution is -2.63. The van der Waals surface area contributed by atoms with Gasteiger partial charge >= 0.3 is 0 Å². The van der Waals surface area contributed by atoms with Crippen LogP contribution >= 0.6 is 0 Å². The standard InChI is InChI=1S/C73H114F2N12O13/c1-18-47(8)63-67(94)79-62(49(10)88)72(99)80(11)43-60(90)82(13)54(38-44(2)3)65(92)77-53(69(96)87-36-28-21-29-37-87)42-59(89)81(12)48(9)64(91)76-52(34-26-27-35-58(74)75)68(95)84(15)56(39-45(4)5)70(97)83(14)55(40-50-30-22-19-23-31-50)66(93)78-61(46(6)7)73(100)85(16)57(71(98)86(63)17)41-51-32-24-20-25-33-51/h19-20,22-25,30-33,44-49,52-58,61-63,88H,18,21,26-29,34-43H2,1-17H3,(H,76,91)(H,77,92)(H,78,93)(H,79,94)/t47-,48-,49+,52-,53-,54-,55-,56-,57-,61-,62-,63-/m0/s1. The number of amides is 12. The average Bonchev–Trinajstić information content (AvgIpc) is 0.810. The Morgan fingerprint density at radius 1 is 0.530 bits per heavy atom. The van der Waals surface area contributed by atoms with Gasteiger partial charge in [-0.15, -0.1) is 0 Å². The number of carbonyl (C=O) groups is 12. The number of likely N-dealkylation sites (tertiary alicyclic amines) is 1. The minimum atomic E-state index is -2.66. The van der Waals surface area contributed by atoms with Crippen LogP contribution in [-0.4, -0.2) is 257 Å². The molecule has 0 aliphatic carbocycles. The molecule has 2 aliphatic rings. The van der Waals surface area contributed by atoms with E-state index in [4.69, 9.17) is 0 Å². The third-order valence-corrected chi connectivity index (χ3v) is 19.5. The highest BCUT2D eigenvalue weighted by Crippen LogP contribution is 2.25. The Kier molecular flexibility index (Phi) is 33.5. The van der Waals surface area contributed by atoms with Gasteiger partial charge in [-0.3, -0.25) is 57.5 Å². The number of unbranched alkanes of at least 4 members (excludes halogenated alkanes) is 1. The van der Waals surface area contributed by atoms with Gasteiger partial charge in [0.15, 0.2) is 0 Å². The number of halogens is 2. The zero-order chi connectivity index (χ0) is 75.2. The summed E-state index contributed by atoms with van der Waals surface area (Å²) in [6.07, 6.45) is -3.25. The maximum Gasteiger partial charge on any atom is 0.248 e. The van der Waals surface area contributed by atoms with E-state index in [2.05, 4.69) is 21.3 Å². The first-order valence-corrected chi connectivity index (χ1v) is 35.3. The smallest absolute Gasteiger partial charge is 0.248 e. The molecule has 2 aromatic carbocycles. The molecule has 2 aliphatic heterocycles. The molecule has 558 valence electrons. The van der Waals surface area contributed by atoms with E-state index >= 15 is 24.0 Å². The van der Waals surface area contributed by atoms with Crippen LogP contribution in [0.5, 0.6) is 0 Å². The van der Waals surface area contributed by atoms with Crippen LogP contribution < -0.4 is 21.3 Å². The van der Waals surface area contributed by atoms with Crippen molar-refractivity contribution in [3.63, 3.8) is 0 Å². The predicted molar refractivity (Wildman–Crippen MR) is 375 cm³/mol. The van der Waals surface area contributed by atoms with Crippen LogP contribution in [0.2, 0.25) is 0 Å². The number of carbonyl (C=O) groups excluding carboxylic acids is 12. The Morgan fingerprint density at radius 2 is 1.03 bits per heavy atom. The van der Waals surface area contributed by atoms with Gasteiger partial charge in [0, 0.05) is 81.7 Å². The van der Waals surface area contributed by atoms with Crippen LogP contribution in [0.25, 0.3) is 0 Å². The molecule has 4 rings (SSSR count). The number of nitrogens with zero attached hydrogens (tertiary/aromatic N) is 8. The summed E-state index contributed by atoms with van der Waals surface area (Å²) in [5.74, 6) is -11.0. The van der Waals surface area contributed by atoms with E-state index in [-0.39, 0.29) is 56.8 Å². The number of piperidine rings is 1. The molecular weight excluding hydrogens is 1290 g/mol. The van der Waals surface area contributed by atoms with Gasteiger partial charge in [-0.2, -0.15) is 0 Å². The topological polar surface area (TPSA) is 299 Å². The molecule has 2 saturated heterocycles. The quantitative estimate of drug-likeness (QED) is 0.131. The fourth-order valence-electron chi connectivity index (χ4n) is 12.7. The van der Waals surface area contributed by atoms with Crippen LogP contribution in [0.1, 0.15) is 151 Å². The van der Waals surface area contributed by atoms with E-state index in [9.17, 15) is 47.4 Å². The molecule has 100 heavy (non-hydrogen) atoms. The molecule has 2 heterocycles. The zero-order valence-electron chi connectivity index (χ0n) is 62.0. The molecular formula is C73H114F2N12O13. The maximum atomic E-state index is 15.5. The highest BCUT2D eigenvalue weighted by molar-refractivity contribution is 6.00. The lowest BCUT2D eigenvalue weighted by atomic mass is 9.94. The molecule has 2 aromatic rings. The predicted octanol–water partition coefficient (Wildman–Crippen LogP) is 4.27. The summed E-state index contributed by atoms with van der Waals surface area (Å²) < 4.78 is 27.2. The van der Waals surface area contributed by atoms with Crippen molar-refractivity contribution >= 4 is 70.9 Å². The summed E-state index contributed by atoms with van der Waals surface area (Å²) in [5, 5.41) is 22.3. The molecule has 12 atom stereocenters. The molecule has 0 aromatic heterocycles. The first kappa shape index (κ1) is 84.3. The van der Waals surface area contributed by atoms with E-state index < -0.39 is 175 Å². The Hall–Kier alpha value is -8.10. The van der Waals surface area contributed by atoms with Crippen molar-refractivity contribution in [3.05, 3.63) is 71.8 Å². The molecule has 0 radical (unpaired) electrons. The maximum absolute atomic E-state index is 15.5. The minimum Gasteiger partial charge on any atom is -0.391 e. The molecule has 25 nitrogen and oxygen atoms in total. The van der Waals surface area contributed by atoms with Crippen molar-refractivity contribution in [2.75, 3.05) is 69.0 Å². The van der Waals surface area contributed by atoms with E-state index in [0.29, 0.717) is 43.5 Å². The van der Waals surface area contributed by atoms with Crippen molar-refractivity contribution in [2.24, 2.45) is 23.7 Å². The van der Waals surface area contributed by atoms with Crippen LogP contribution in [-0.2, 0) is 70.4 Å². The van der Waals surface area contributed by atoms with Gasteiger partial charge in [0.25, 0.3) is 0 Å². The van der Waals surface area contributed by atoms with Crippen molar-refractivity contribution in [1.29, 1.82) is 0 Å². The van der Waals surface area contributed by atoms with Crippen LogP contribution in [0.15, 0.2) is 60.7 Å². The number of hydrogen-bond acceptors (Lipinski definition) is 13. The second kappa shape index (κ2) is 39.8. The van der Waals surface area contributed by atoms with Gasteiger partial charge in [-0.05, 0) is 93.6 Å². The number of hydrogen-bond donors (Lipinski definition) is 5. The number of aliphatic hydroxyl groups is 1. The fourth-order valence-corrected chi connectivity index (χ4v) is 12.7. The molecule has 27 heteroatoms. The molecule has 0 saturated carbocycles. The molecule has 12 amide bonds. The number of rotatable bonds is 18. The lowest BCUT2D eigenvalue weighted by molar-refractivity contribution is -0.152. The average molecular weight is 1410 g/mol. The summed E-state index contributed by atoms with van der Waals surface area (Å²) in [6.45, 7) is 16.8. The largest absolute Gasteiger partial charge is 0.391 e. The van der Waals surface area contributed by atoms with E-state index in [0.717, 1.165) is 26.0 Å². The number of nitrogens with one attached hydrogen (secondary N) is 4. The van der Waals surface area contributed by atoms with Gasteiger partial charge in [-0.1, -0.05) is 129 Å². The van der Waals surface area contributed by atoms with Crippen molar-refractivity contribution in [2.45, 2.75) is 226 Å². The second-order valence-electron chi connectivity index (χ2n) is 28.6. The monoisotopic (exact) mass is 1400 g/mol. The first-order valence-electron chi connectivity index (χ1n) is 35.3. The molecule has 0 unspecified atom stereocenters. The van der Waals surface area contributed by atoms with E-state index in [1.54, 1.807) is 102 Å². The van der Waals surface area contributed by atoms with Crippen molar-refractivity contribution in [1.82, 2.24) is 60.5 Å².